The molecule has 0 aliphatic heterocycles. The lowest BCUT2D eigenvalue weighted by molar-refractivity contribution is -0.139. The largest absolute Gasteiger partial charge is 0.460 e. The van der Waals surface area contributed by atoms with E-state index >= 15 is 0 Å². The van der Waals surface area contributed by atoms with Crippen LogP contribution >= 0.6 is 0 Å². The lowest BCUT2D eigenvalue weighted by Crippen LogP contribution is -2.26. The van der Waals surface area contributed by atoms with Gasteiger partial charge in [-0.05, 0) is 12.0 Å². The van der Waals surface area contributed by atoms with E-state index in [2.05, 4.69) is 9.53 Å². The number of nitrogens with zero attached hydrogens (tertiary/aromatic N) is 2. The Morgan fingerprint density at radius 2 is 1.94 bits per heavy atom. The van der Waals surface area contributed by atoms with Crippen molar-refractivity contribution in [3.05, 3.63) is 41.4 Å². The third-order valence-electron chi connectivity index (χ3n) is 2.23. The van der Waals surface area contributed by atoms with E-state index in [1.54, 1.807) is 0 Å². The van der Waals surface area contributed by atoms with E-state index in [9.17, 15) is 9.59 Å². The van der Waals surface area contributed by atoms with Gasteiger partial charge in [0.15, 0.2) is 0 Å². The molecule has 0 saturated heterocycles. The van der Waals surface area contributed by atoms with Crippen LogP contribution in [-0.4, -0.2) is 29.4 Å². The highest BCUT2D eigenvalue weighted by atomic mass is 16.5. The summed E-state index contributed by atoms with van der Waals surface area (Å²) in [6, 6.07) is 9.35. The molecule has 1 aromatic carbocycles. The molecule has 1 aromatic rings. The lowest BCUT2D eigenvalue weighted by atomic mass is 10.1. The van der Waals surface area contributed by atoms with Crippen molar-refractivity contribution in [3.8, 4) is 0 Å². The molecule has 0 saturated carbocycles. The zero-order valence-electron chi connectivity index (χ0n) is 9.42. The van der Waals surface area contributed by atoms with E-state index < -0.39 is 17.5 Å². The molecule has 0 bridgehead atoms. The van der Waals surface area contributed by atoms with Gasteiger partial charge in [0.05, 0.1) is 7.11 Å². The monoisotopic (exact) mass is 232 g/mol. The smallest absolute Gasteiger partial charge is 0.441 e. The second kappa shape index (κ2) is 6.35. The number of carbonyl (C=O) groups is 2. The van der Waals surface area contributed by atoms with Crippen molar-refractivity contribution in [1.82, 2.24) is 0 Å². The Morgan fingerprint density at radius 1 is 1.29 bits per heavy atom. The molecule has 0 fully saturated rings. The van der Waals surface area contributed by atoms with E-state index in [1.807, 2.05) is 30.3 Å². The Kier molecular flexibility index (Phi) is 4.78. The first kappa shape index (κ1) is 12.8. The first-order chi connectivity index (χ1) is 8.19. The van der Waals surface area contributed by atoms with Crippen LogP contribution in [0.2, 0.25) is 0 Å². The van der Waals surface area contributed by atoms with E-state index in [0.717, 1.165) is 12.7 Å². The molecule has 0 unspecified atom stereocenters. The normalized spacial score (nSPS) is 9.24. The highest BCUT2D eigenvalue weighted by Gasteiger charge is 2.29. The molecule has 0 radical (unpaired) electrons. The average molecular weight is 232 g/mol. The summed E-state index contributed by atoms with van der Waals surface area (Å²) in [7, 11) is 1.12. The van der Waals surface area contributed by atoms with Crippen LogP contribution in [0.5, 0.6) is 0 Å². The summed E-state index contributed by atoms with van der Waals surface area (Å²) < 4.78 is 4.33. The summed E-state index contributed by atoms with van der Waals surface area (Å²) in [4.78, 5) is 25.3. The molecule has 0 amide bonds. The molecule has 1 rings (SSSR count). The van der Waals surface area contributed by atoms with Crippen molar-refractivity contribution in [3.63, 3.8) is 0 Å². The zero-order chi connectivity index (χ0) is 12.7. The second-order valence-corrected chi connectivity index (χ2v) is 3.35. The number of hydrogen-bond acceptors (Lipinski definition) is 3. The Hall–Kier alpha value is -2.26. The van der Waals surface area contributed by atoms with Crippen LogP contribution in [0.1, 0.15) is 12.0 Å². The molecule has 0 aromatic heterocycles. The molecule has 0 N–H and O–H groups in total. The number of esters is 1. The maximum absolute atomic E-state index is 11.6. The fraction of sp³-hybridized carbons (Fsp3) is 0.250. The molecular weight excluding hydrogens is 220 g/mol. The van der Waals surface area contributed by atoms with Crippen LogP contribution < -0.4 is 0 Å². The van der Waals surface area contributed by atoms with E-state index in [4.69, 9.17) is 5.53 Å². The van der Waals surface area contributed by atoms with Crippen LogP contribution in [0.25, 0.3) is 5.53 Å². The minimum Gasteiger partial charge on any atom is -0.460 e. The Balaban J connectivity index is 2.61. The SMILES string of the molecule is COC(=O)C(=[N+]=[N-])C(=O)CCc1ccccc1. The van der Waals surface area contributed by atoms with Crippen molar-refractivity contribution in [1.29, 1.82) is 0 Å². The van der Waals surface area contributed by atoms with Crippen molar-refractivity contribution in [2.24, 2.45) is 0 Å². The number of rotatable bonds is 5. The van der Waals surface area contributed by atoms with Gasteiger partial charge in [0, 0.05) is 6.42 Å². The highest BCUT2D eigenvalue weighted by Crippen LogP contribution is 2.03. The summed E-state index contributed by atoms with van der Waals surface area (Å²) in [5.41, 5.74) is 8.97. The second-order valence-electron chi connectivity index (χ2n) is 3.35. The molecule has 5 nitrogen and oxygen atoms in total. The molecule has 88 valence electrons. The fourth-order valence-electron chi connectivity index (χ4n) is 1.33. The highest BCUT2D eigenvalue weighted by molar-refractivity contribution is 6.62. The topological polar surface area (TPSA) is 79.8 Å². The number of aryl methyl sites for hydroxylation is 1. The fourth-order valence-corrected chi connectivity index (χ4v) is 1.33. The summed E-state index contributed by atoms with van der Waals surface area (Å²) in [5, 5.41) is 0. The van der Waals surface area contributed by atoms with Crippen molar-refractivity contribution in [2.45, 2.75) is 12.8 Å². The molecule has 17 heavy (non-hydrogen) atoms. The van der Waals surface area contributed by atoms with Crippen LogP contribution in [0, 0.1) is 0 Å². The standard InChI is InChI=1S/C12H12N2O3/c1-17-12(16)11(14-13)10(15)8-7-9-5-3-2-4-6-9/h2-6H,7-8H2,1H3. The third kappa shape index (κ3) is 3.66. The molecule has 0 spiro atoms. The summed E-state index contributed by atoms with van der Waals surface area (Å²) in [6.45, 7) is 0. The predicted molar refractivity (Wildman–Crippen MR) is 60.4 cm³/mol. The number of ketones is 1. The maximum Gasteiger partial charge on any atom is 0.441 e. The average Bonchev–Trinajstić information content (AvgIpc) is 2.38. The van der Waals surface area contributed by atoms with Gasteiger partial charge in [-0.15, -0.1) is 0 Å². The minimum absolute atomic E-state index is 0.0957. The van der Waals surface area contributed by atoms with Crippen LogP contribution in [-0.2, 0) is 20.7 Å². The number of Topliss-reactive ketones (excluding diaryl/α,β-unsaturated/α-hetero) is 1. The lowest BCUT2D eigenvalue weighted by Gasteiger charge is -1.98. The van der Waals surface area contributed by atoms with Crippen LogP contribution in [0.3, 0.4) is 0 Å². The Bertz CT molecular complexity index is 462. The van der Waals surface area contributed by atoms with E-state index in [0.29, 0.717) is 6.42 Å². The molecular formula is C12H12N2O3. The van der Waals surface area contributed by atoms with Gasteiger partial charge in [0.25, 0.3) is 5.78 Å². The zero-order valence-corrected chi connectivity index (χ0v) is 9.42. The molecule has 0 aliphatic rings. The first-order valence-corrected chi connectivity index (χ1v) is 5.06. The van der Waals surface area contributed by atoms with Gasteiger partial charge in [-0.1, -0.05) is 30.3 Å². The number of hydrogen-bond donors (Lipinski definition) is 0. The first-order valence-electron chi connectivity index (χ1n) is 5.06. The van der Waals surface area contributed by atoms with E-state index in [1.165, 1.54) is 0 Å². The van der Waals surface area contributed by atoms with Crippen LogP contribution in [0.15, 0.2) is 30.3 Å². The number of methoxy groups -OCH3 is 1. The molecule has 5 heteroatoms. The number of ether oxygens (including phenoxy) is 1. The summed E-state index contributed by atoms with van der Waals surface area (Å²) >= 11 is 0. The van der Waals surface area contributed by atoms with Crippen LogP contribution in [0.4, 0.5) is 0 Å². The summed E-state index contributed by atoms with van der Waals surface area (Å²) in [6.07, 6.45) is 0.578. The van der Waals surface area contributed by atoms with Crippen molar-refractivity contribution >= 4 is 17.5 Å². The van der Waals surface area contributed by atoms with Gasteiger partial charge in [-0.2, -0.15) is 4.79 Å². The minimum atomic E-state index is -0.925. The quantitative estimate of drug-likeness (QED) is 0.250. The van der Waals surface area contributed by atoms with Gasteiger partial charge in [0.2, 0.25) is 0 Å². The molecule has 0 atom stereocenters. The molecule has 0 aliphatic carbocycles. The van der Waals surface area contributed by atoms with Crippen molar-refractivity contribution in [2.75, 3.05) is 7.11 Å². The van der Waals surface area contributed by atoms with E-state index in [-0.39, 0.29) is 6.42 Å². The number of benzene rings is 1. The third-order valence-corrected chi connectivity index (χ3v) is 2.23. The van der Waals surface area contributed by atoms with Gasteiger partial charge in [-0.25, -0.2) is 4.79 Å². The van der Waals surface area contributed by atoms with Gasteiger partial charge < -0.3 is 10.3 Å². The molecule has 0 heterocycles. The van der Waals surface area contributed by atoms with Gasteiger partial charge in [-0.3, -0.25) is 4.79 Å². The Labute approximate surface area is 98.6 Å². The number of carbonyl (C=O) groups excluding carboxylic acids is 2. The van der Waals surface area contributed by atoms with Crippen molar-refractivity contribution < 1.29 is 19.1 Å². The predicted octanol–water partition coefficient (Wildman–Crippen LogP) is 1.03. The van der Waals surface area contributed by atoms with Gasteiger partial charge in [0.1, 0.15) is 0 Å². The maximum atomic E-state index is 11.6. The van der Waals surface area contributed by atoms with Gasteiger partial charge >= 0.3 is 11.7 Å². The Morgan fingerprint density at radius 3 is 2.47 bits per heavy atom. The summed E-state index contributed by atoms with van der Waals surface area (Å²) in [5.74, 6) is -1.46.